The number of imidazole rings is 1. The molecule has 5 heteroatoms. The van der Waals surface area contributed by atoms with E-state index in [-0.39, 0.29) is 11.8 Å². The topological polar surface area (TPSA) is 83.8 Å². The Bertz CT molecular complexity index is 534. The Kier molecular flexibility index (Phi) is 4.90. The van der Waals surface area contributed by atoms with Gasteiger partial charge in [0.25, 0.3) is 0 Å². The summed E-state index contributed by atoms with van der Waals surface area (Å²) in [5.74, 6) is 0.0126. The summed E-state index contributed by atoms with van der Waals surface area (Å²) in [6.07, 6.45) is 5.09. The number of aromatic amines is 1. The molecule has 0 fully saturated rings. The lowest BCUT2D eigenvalue weighted by Crippen LogP contribution is -2.21. The summed E-state index contributed by atoms with van der Waals surface area (Å²) in [6.45, 7) is 2.54. The summed E-state index contributed by atoms with van der Waals surface area (Å²) in [6, 6.07) is 7.69. The predicted molar refractivity (Wildman–Crippen MR) is 80.1 cm³/mol. The first-order valence-electron chi connectivity index (χ1n) is 6.80. The predicted octanol–water partition coefficient (Wildman–Crippen LogP) is 2.39. The van der Waals surface area contributed by atoms with E-state index in [2.05, 4.69) is 15.3 Å². The van der Waals surface area contributed by atoms with Crippen molar-refractivity contribution in [2.75, 3.05) is 11.9 Å². The summed E-state index contributed by atoms with van der Waals surface area (Å²) in [5.41, 5.74) is 8.25. The third-order valence-corrected chi connectivity index (χ3v) is 3.25. The highest BCUT2D eigenvalue weighted by Crippen LogP contribution is 2.19. The number of nitrogens with zero attached hydrogens (tertiary/aromatic N) is 1. The van der Waals surface area contributed by atoms with Gasteiger partial charge < -0.3 is 16.0 Å². The Labute approximate surface area is 118 Å². The van der Waals surface area contributed by atoms with Crippen molar-refractivity contribution in [1.82, 2.24) is 9.97 Å². The van der Waals surface area contributed by atoms with E-state index in [1.807, 2.05) is 31.2 Å². The zero-order valence-corrected chi connectivity index (χ0v) is 11.6. The minimum absolute atomic E-state index is 0.0224. The van der Waals surface area contributed by atoms with Gasteiger partial charge in [0.1, 0.15) is 0 Å². The van der Waals surface area contributed by atoms with E-state index in [0.29, 0.717) is 6.54 Å². The molecule has 1 amide bonds. The molecule has 1 aromatic heterocycles. The SMILES string of the molecule is CC(CCCN)C(=O)Nc1ccc(-c2cnc[nH]2)cc1. The zero-order valence-electron chi connectivity index (χ0n) is 11.6. The standard InChI is InChI=1S/C15H20N4O/c1-11(3-2-8-16)15(20)19-13-6-4-12(5-7-13)14-9-17-10-18-14/h4-7,9-11H,2-3,8,16H2,1H3,(H,17,18)(H,19,20). The lowest BCUT2D eigenvalue weighted by Gasteiger charge is -2.11. The average Bonchev–Trinajstić information content (AvgIpc) is 2.99. The van der Waals surface area contributed by atoms with Crippen molar-refractivity contribution in [2.24, 2.45) is 11.7 Å². The summed E-state index contributed by atoms with van der Waals surface area (Å²) in [5, 5.41) is 2.92. The maximum Gasteiger partial charge on any atom is 0.227 e. The summed E-state index contributed by atoms with van der Waals surface area (Å²) in [4.78, 5) is 19.0. The van der Waals surface area contributed by atoms with Gasteiger partial charge in [-0.1, -0.05) is 19.1 Å². The summed E-state index contributed by atoms with van der Waals surface area (Å²) in [7, 11) is 0. The fourth-order valence-corrected chi connectivity index (χ4v) is 1.97. The van der Waals surface area contributed by atoms with Gasteiger partial charge in [0.15, 0.2) is 0 Å². The van der Waals surface area contributed by atoms with Crippen LogP contribution in [0.5, 0.6) is 0 Å². The quantitative estimate of drug-likeness (QED) is 0.755. The van der Waals surface area contributed by atoms with Crippen molar-refractivity contribution >= 4 is 11.6 Å². The molecule has 0 aliphatic carbocycles. The Morgan fingerprint density at radius 2 is 2.15 bits per heavy atom. The molecule has 0 saturated carbocycles. The molecule has 0 aliphatic heterocycles. The molecule has 0 saturated heterocycles. The van der Waals surface area contributed by atoms with Gasteiger partial charge in [0.05, 0.1) is 18.2 Å². The van der Waals surface area contributed by atoms with Crippen LogP contribution in [0.2, 0.25) is 0 Å². The van der Waals surface area contributed by atoms with Crippen LogP contribution in [0, 0.1) is 5.92 Å². The number of benzene rings is 1. The molecule has 20 heavy (non-hydrogen) atoms. The van der Waals surface area contributed by atoms with E-state index in [4.69, 9.17) is 5.73 Å². The van der Waals surface area contributed by atoms with Gasteiger partial charge in [-0.2, -0.15) is 0 Å². The average molecular weight is 272 g/mol. The number of anilines is 1. The van der Waals surface area contributed by atoms with Gasteiger partial charge >= 0.3 is 0 Å². The maximum atomic E-state index is 12.0. The number of aromatic nitrogens is 2. The van der Waals surface area contributed by atoms with Crippen LogP contribution < -0.4 is 11.1 Å². The number of carbonyl (C=O) groups excluding carboxylic acids is 1. The van der Waals surface area contributed by atoms with Crippen molar-refractivity contribution in [3.05, 3.63) is 36.8 Å². The first-order valence-corrected chi connectivity index (χ1v) is 6.80. The van der Waals surface area contributed by atoms with Gasteiger partial charge in [-0.25, -0.2) is 4.98 Å². The molecule has 0 radical (unpaired) electrons. The molecule has 1 aromatic carbocycles. The van der Waals surface area contributed by atoms with Crippen LogP contribution in [0.15, 0.2) is 36.8 Å². The maximum absolute atomic E-state index is 12.0. The minimum atomic E-state index is -0.0224. The molecule has 5 nitrogen and oxygen atoms in total. The van der Waals surface area contributed by atoms with E-state index in [1.165, 1.54) is 0 Å². The molecular formula is C15H20N4O. The Hall–Kier alpha value is -2.14. The Morgan fingerprint density at radius 3 is 2.75 bits per heavy atom. The van der Waals surface area contributed by atoms with Gasteiger partial charge in [0, 0.05) is 11.6 Å². The molecule has 0 spiro atoms. The van der Waals surface area contributed by atoms with Crippen LogP contribution in [-0.2, 0) is 4.79 Å². The molecule has 4 N–H and O–H groups in total. The van der Waals surface area contributed by atoms with Crippen LogP contribution in [0.1, 0.15) is 19.8 Å². The number of hydrogen-bond donors (Lipinski definition) is 3. The van der Waals surface area contributed by atoms with E-state index in [0.717, 1.165) is 29.8 Å². The van der Waals surface area contributed by atoms with E-state index < -0.39 is 0 Å². The van der Waals surface area contributed by atoms with Crippen molar-refractivity contribution < 1.29 is 4.79 Å². The largest absolute Gasteiger partial charge is 0.345 e. The highest BCUT2D eigenvalue weighted by molar-refractivity contribution is 5.92. The van der Waals surface area contributed by atoms with Gasteiger partial charge in [-0.15, -0.1) is 0 Å². The van der Waals surface area contributed by atoms with Crippen LogP contribution in [0.4, 0.5) is 5.69 Å². The summed E-state index contributed by atoms with van der Waals surface area (Å²) >= 11 is 0. The highest BCUT2D eigenvalue weighted by atomic mass is 16.1. The number of nitrogens with one attached hydrogen (secondary N) is 2. The van der Waals surface area contributed by atoms with Crippen LogP contribution >= 0.6 is 0 Å². The number of H-pyrrole nitrogens is 1. The van der Waals surface area contributed by atoms with Crippen LogP contribution in [-0.4, -0.2) is 22.4 Å². The van der Waals surface area contributed by atoms with Gasteiger partial charge in [-0.05, 0) is 37.1 Å². The highest BCUT2D eigenvalue weighted by Gasteiger charge is 2.12. The first kappa shape index (κ1) is 14.3. The van der Waals surface area contributed by atoms with Crippen molar-refractivity contribution in [3.8, 4) is 11.3 Å². The van der Waals surface area contributed by atoms with E-state index >= 15 is 0 Å². The van der Waals surface area contributed by atoms with Crippen molar-refractivity contribution in [3.63, 3.8) is 0 Å². The lowest BCUT2D eigenvalue weighted by molar-refractivity contribution is -0.119. The minimum Gasteiger partial charge on any atom is -0.345 e. The van der Waals surface area contributed by atoms with Gasteiger partial charge in [-0.3, -0.25) is 4.79 Å². The first-order chi connectivity index (χ1) is 9.70. The van der Waals surface area contributed by atoms with Crippen LogP contribution in [0.3, 0.4) is 0 Å². The van der Waals surface area contributed by atoms with Crippen molar-refractivity contribution in [1.29, 1.82) is 0 Å². The molecule has 2 aromatic rings. The fraction of sp³-hybridized carbons (Fsp3) is 0.333. The second kappa shape index (κ2) is 6.86. The number of amides is 1. The molecule has 1 atom stereocenters. The molecular weight excluding hydrogens is 252 g/mol. The number of rotatable bonds is 6. The van der Waals surface area contributed by atoms with Gasteiger partial charge in [0.2, 0.25) is 5.91 Å². The summed E-state index contributed by atoms with van der Waals surface area (Å²) < 4.78 is 0. The van der Waals surface area contributed by atoms with Crippen LogP contribution in [0.25, 0.3) is 11.3 Å². The molecule has 0 bridgehead atoms. The lowest BCUT2D eigenvalue weighted by atomic mass is 10.0. The molecule has 1 heterocycles. The second-order valence-corrected chi connectivity index (χ2v) is 4.86. The third kappa shape index (κ3) is 3.68. The van der Waals surface area contributed by atoms with E-state index in [1.54, 1.807) is 12.5 Å². The zero-order chi connectivity index (χ0) is 14.4. The Balaban J connectivity index is 1.95. The molecule has 0 aliphatic rings. The van der Waals surface area contributed by atoms with Crippen molar-refractivity contribution in [2.45, 2.75) is 19.8 Å². The number of hydrogen-bond acceptors (Lipinski definition) is 3. The second-order valence-electron chi connectivity index (χ2n) is 4.86. The third-order valence-electron chi connectivity index (χ3n) is 3.25. The molecule has 106 valence electrons. The molecule has 2 rings (SSSR count). The normalized spacial score (nSPS) is 12.1. The smallest absolute Gasteiger partial charge is 0.227 e. The molecule has 1 unspecified atom stereocenters. The fourth-order valence-electron chi connectivity index (χ4n) is 1.97. The Morgan fingerprint density at radius 1 is 1.40 bits per heavy atom. The number of nitrogens with two attached hydrogens (primary N) is 1. The monoisotopic (exact) mass is 272 g/mol. The number of carbonyl (C=O) groups is 1. The van der Waals surface area contributed by atoms with E-state index in [9.17, 15) is 4.79 Å².